The van der Waals surface area contributed by atoms with Crippen molar-refractivity contribution in [3.05, 3.63) is 287 Å². The van der Waals surface area contributed by atoms with Gasteiger partial charge in [-0.15, -0.1) is 0 Å². The SMILES string of the molecule is C.CC(C)N(Cc1ccccc1OCCCCCC(=O)O)C(=O)c1ccc(-c2cccc(-c3ccoc3)c2)cc1.CC(C)N(Cc1ccccc1OCCCCCC(=O)O)C(=O)c1ccc(N2CCCC2)cc1.CC(C)N(Cc1ccccc1OCCCCCC(=O)O)C(=O)c1ccc(OC2CC2)cc1.COC1(c2ccc(C(=O)N(Cc3ccccc3OCCCCCC(=O)O)C(C)C)cc2)CCOCC1. The molecule has 0 spiro atoms. The number of anilines is 1. The summed E-state index contributed by atoms with van der Waals surface area (Å²) in [7, 11) is 1.74. The van der Waals surface area contributed by atoms with Crippen LogP contribution in [0.2, 0.25) is 0 Å². The molecule has 141 heavy (non-hydrogen) atoms. The van der Waals surface area contributed by atoms with Crippen LogP contribution < -0.4 is 28.6 Å². The monoisotopic (exact) mass is 1930 g/mol. The third-order valence-corrected chi connectivity index (χ3v) is 25.0. The fourth-order valence-corrected chi connectivity index (χ4v) is 16.6. The van der Waals surface area contributed by atoms with Crippen molar-refractivity contribution in [1.82, 2.24) is 19.6 Å². The van der Waals surface area contributed by atoms with Gasteiger partial charge in [0.05, 0.1) is 50.7 Å². The first kappa shape index (κ1) is 111. The number of hydrogen-bond donors (Lipinski definition) is 4. The van der Waals surface area contributed by atoms with Gasteiger partial charge in [0.2, 0.25) is 0 Å². The van der Waals surface area contributed by atoms with Gasteiger partial charge in [0.15, 0.2) is 0 Å². The van der Waals surface area contributed by atoms with Gasteiger partial charge >= 0.3 is 23.9 Å². The zero-order valence-corrected chi connectivity index (χ0v) is 83.0. The van der Waals surface area contributed by atoms with E-state index < -0.39 is 23.9 Å². The second-order valence-electron chi connectivity index (χ2n) is 36.9. The van der Waals surface area contributed by atoms with Crippen molar-refractivity contribution in [3.63, 3.8) is 0 Å². The number of benzene rings is 9. The molecule has 2 aliphatic heterocycles. The number of amides is 4. The Morgan fingerprint density at radius 3 is 1.02 bits per heavy atom. The van der Waals surface area contributed by atoms with Gasteiger partial charge in [0, 0.05) is 178 Å². The topological polar surface area (TPSA) is 311 Å². The molecule has 1 saturated carbocycles. The van der Waals surface area contributed by atoms with Crippen molar-refractivity contribution in [2.75, 3.05) is 64.7 Å². The molecule has 1 aromatic heterocycles. The molecular formula is C116H147N5O20. The van der Waals surface area contributed by atoms with Crippen LogP contribution in [0.25, 0.3) is 22.3 Å². The zero-order chi connectivity index (χ0) is 100. The number of carboxylic acid groups (broad SMARTS) is 4. The van der Waals surface area contributed by atoms with Gasteiger partial charge in [0.25, 0.3) is 23.6 Å². The summed E-state index contributed by atoms with van der Waals surface area (Å²) in [6, 6.07) is 72.3. The van der Waals surface area contributed by atoms with Gasteiger partial charge < -0.3 is 82.5 Å². The molecule has 9 aromatic carbocycles. The van der Waals surface area contributed by atoms with E-state index in [2.05, 4.69) is 29.2 Å². The maximum absolute atomic E-state index is 13.6. The molecule has 3 heterocycles. The van der Waals surface area contributed by atoms with E-state index in [1.54, 1.807) is 19.6 Å². The summed E-state index contributed by atoms with van der Waals surface area (Å²) in [5.41, 5.74) is 12.5. The molecule has 3 aliphatic rings. The lowest BCUT2D eigenvalue weighted by Crippen LogP contribution is -2.37. The Bertz CT molecular complexity index is 5470. The van der Waals surface area contributed by atoms with Crippen molar-refractivity contribution < 1.29 is 96.4 Å². The van der Waals surface area contributed by atoms with Crippen molar-refractivity contribution >= 4 is 53.2 Å². The number of carbonyl (C=O) groups is 8. The first-order valence-electron chi connectivity index (χ1n) is 49.7. The fourth-order valence-electron chi connectivity index (χ4n) is 16.6. The lowest BCUT2D eigenvalue weighted by atomic mass is 9.85. The second kappa shape index (κ2) is 58.7. The van der Waals surface area contributed by atoms with E-state index in [1.165, 1.54) is 18.5 Å². The van der Waals surface area contributed by atoms with E-state index in [0.29, 0.717) is 120 Å². The number of carboxylic acids is 4. The summed E-state index contributed by atoms with van der Waals surface area (Å²) < 4.78 is 46.4. The van der Waals surface area contributed by atoms with Crippen LogP contribution in [0, 0.1) is 0 Å². The molecule has 4 N–H and O–H groups in total. The first-order chi connectivity index (χ1) is 67.7. The Morgan fingerprint density at radius 2 is 0.702 bits per heavy atom. The summed E-state index contributed by atoms with van der Waals surface area (Å²) in [6.07, 6.45) is 19.7. The molecule has 1 aliphatic carbocycles. The summed E-state index contributed by atoms with van der Waals surface area (Å²) in [4.78, 5) is 106. The molecule has 0 unspecified atom stereocenters. The molecule has 10 aromatic rings. The van der Waals surface area contributed by atoms with Crippen molar-refractivity contribution in [3.8, 4) is 51.0 Å². The third kappa shape index (κ3) is 36.4. The van der Waals surface area contributed by atoms with E-state index in [4.69, 9.17) is 58.0 Å². The van der Waals surface area contributed by atoms with E-state index in [1.807, 2.05) is 275 Å². The largest absolute Gasteiger partial charge is 0.493 e. The minimum Gasteiger partial charge on any atom is -0.493 e. The molecule has 0 atom stereocenters. The highest BCUT2D eigenvalue weighted by Crippen LogP contribution is 2.38. The highest BCUT2D eigenvalue weighted by molar-refractivity contribution is 5.97. The van der Waals surface area contributed by atoms with Gasteiger partial charge in [-0.3, -0.25) is 38.4 Å². The number of carbonyl (C=O) groups excluding carboxylic acids is 4. The third-order valence-electron chi connectivity index (χ3n) is 25.0. The minimum absolute atomic E-state index is 0. The quantitative estimate of drug-likeness (QED) is 0.0257. The van der Waals surface area contributed by atoms with Crippen LogP contribution in [0.5, 0.6) is 28.7 Å². The fraction of sp³-hybridized carbons (Fsp3) is 0.431. The normalized spacial score (nSPS) is 13.0. The number of unbranched alkanes of at least 4 members (excludes halogenated alkanes) is 8. The van der Waals surface area contributed by atoms with Crippen molar-refractivity contribution in [1.29, 1.82) is 0 Å². The van der Waals surface area contributed by atoms with Crippen LogP contribution in [-0.2, 0) is 60.4 Å². The van der Waals surface area contributed by atoms with Crippen LogP contribution in [0.3, 0.4) is 0 Å². The Balaban J connectivity index is 0.000000210. The van der Waals surface area contributed by atoms with Crippen molar-refractivity contribution in [2.45, 2.75) is 266 Å². The molecule has 0 radical (unpaired) electrons. The van der Waals surface area contributed by atoms with Gasteiger partial charge in [-0.25, -0.2) is 0 Å². The molecule has 25 nitrogen and oxygen atoms in total. The standard InChI is InChI=1S/C33H35NO5.C29H39NO6.C27H36N2O4.C26H33NO5.CH4/c1-24(2)34(22-29-9-5-6-12-31(29)39-19-7-3-4-13-32(35)36)33(37)26-16-14-25(15-17-26)27-10-8-11-28(21-27)30-18-20-38-23-30;1-22(2)30(21-24-9-6-7-10-26(24)36-18-8-4-5-11-27(31)32)28(33)23-12-14-25(15-13-23)29(34-3)16-19-35-20-17-29;1-21(2)29(27(32)22-13-15-24(16-14-22)28-17-7-8-18-28)20-23-10-5-6-11-25(23)33-19-9-3-4-12-26(30)31;1-19(2)27(26(30)20-11-13-22(14-12-20)32-23-15-16-23)18-21-8-5-6-9-24(21)31-17-7-3-4-10-25(28)29;/h5-6,8-12,14-18,20-21,23-24H,3-4,7,13,19,22H2,1-2H3,(H,35,36);6-7,9-10,12-15,22H,4-5,8,11,16-21H2,1-3H3,(H,31,32);5-6,10-11,13-16,21H,3-4,7-9,12,17-20H2,1-2H3,(H,30,31);5-6,8-9,11-14,19,23H,3-4,7,10,15-18H2,1-2H3,(H,28,29);1H4. The highest BCUT2D eigenvalue weighted by Gasteiger charge is 2.36. The molecule has 4 amide bonds. The molecular weight excluding hydrogens is 1780 g/mol. The van der Waals surface area contributed by atoms with Gasteiger partial charge in [0.1, 0.15) is 28.7 Å². The summed E-state index contributed by atoms with van der Waals surface area (Å²) in [6.45, 7) is 23.5. The maximum atomic E-state index is 13.6. The molecule has 13 rings (SSSR count). The summed E-state index contributed by atoms with van der Waals surface area (Å²) in [5.74, 6) is 0.718. The first-order valence-corrected chi connectivity index (χ1v) is 49.7. The maximum Gasteiger partial charge on any atom is 0.303 e. The average molecular weight is 1930 g/mol. The van der Waals surface area contributed by atoms with Gasteiger partial charge in [-0.1, -0.05) is 123 Å². The summed E-state index contributed by atoms with van der Waals surface area (Å²) >= 11 is 0. The number of nitrogens with zero attached hydrogens (tertiary/aromatic N) is 5. The lowest BCUT2D eigenvalue weighted by Gasteiger charge is -2.36. The highest BCUT2D eigenvalue weighted by atomic mass is 16.5. The number of rotatable bonds is 51. The summed E-state index contributed by atoms with van der Waals surface area (Å²) in [5, 5.41) is 35.0. The predicted octanol–water partition coefficient (Wildman–Crippen LogP) is 24.4. The van der Waals surface area contributed by atoms with E-state index in [-0.39, 0.29) is 86.5 Å². The molecule has 0 bridgehead atoms. The lowest BCUT2D eigenvalue weighted by molar-refractivity contribution is -0.138. The van der Waals surface area contributed by atoms with Crippen LogP contribution >= 0.6 is 0 Å². The Morgan fingerprint density at radius 1 is 0.376 bits per heavy atom. The van der Waals surface area contributed by atoms with E-state index in [0.717, 1.165) is 169 Å². The number of methoxy groups -OCH3 is 1. The van der Waals surface area contributed by atoms with E-state index in [9.17, 15) is 38.4 Å². The average Bonchev–Trinajstić information content (AvgIpc) is 1.52. The van der Waals surface area contributed by atoms with Crippen LogP contribution in [0.15, 0.2) is 241 Å². The zero-order valence-electron chi connectivity index (χ0n) is 83.0. The second-order valence-corrected chi connectivity index (χ2v) is 36.9. The predicted molar refractivity (Wildman–Crippen MR) is 552 cm³/mol. The van der Waals surface area contributed by atoms with Gasteiger partial charge in [-0.2, -0.15) is 0 Å². The minimum atomic E-state index is -0.769. The van der Waals surface area contributed by atoms with Crippen molar-refractivity contribution in [2.24, 2.45) is 0 Å². The molecule has 756 valence electrons. The van der Waals surface area contributed by atoms with E-state index >= 15 is 0 Å². The molecule has 3 fully saturated rings. The number of furan rings is 1. The Hall–Kier alpha value is -13.3. The number of para-hydroxylation sites is 4. The molecule has 25 heteroatoms. The number of hydrogen-bond acceptors (Lipinski definition) is 17. The molecule has 2 saturated heterocycles. The van der Waals surface area contributed by atoms with Crippen LogP contribution in [-0.4, -0.2) is 178 Å². The van der Waals surface area contributed by atoms with Crippen LogP contribution in [0.4, 0.5) is 5.69 Å². The number of aliphatic carboxylic acids is 4. The smallest absolute Gasteiger partial charge is 0.303 e. The number of ether oxygens (including phenoxy) is 7. The van der Waals surface area contributed by atoms with Gasteiger partial charge in [-0.05, 0) is 290 Å². The van der Waals surface area contributed by atoms with Crippen LogP contribution in [0.1, 0.15) is 273 Å². The Kier molecular flexibility index (Phi) is 46.4. The Labute approximate surface area is 833 Å².